The second kappa shape index (κ2) is 7.59. The summed E-state index contributed by atoms with van der Waals surface area (Å²) in [6, 6.07) is 6.24. The minimum absolute atomic E-state index is 0.0456. The Morgan fingerprint density at radius 3 is 2.85 bits per heavy atom. The van der Waals surface area contributed by atoms with E-state index in [9.17, 15) is 4.79 Å². The van der Waals surface area contributed by atoms with Crippen LogP contribution in [0, 0.1) is 0 Å². The maximum Gasteiger partial charge on any atom is 0.261 e. The van der Waals surface area contributed by atoms with Crippen molar-refractivity contribution in [3.05, 3.63) is 29.3 Å². The standard InChI is InChI=1S/C13H18ClN3O3/c1-3-11(12(15)17-19)16-13(18)8(2)20-10-6-4-5-9(14)7-10/h4-8,11,19H,3H2,1-2H3,(H2,15,17)(H,16,18). The number of carbonyl (C=O) groups excluding carboxylic acids is 1. The van der Waals surface area contributed by atoms with Gasteiger partial charge in [0.15, 0.2) is 11.9 Å². The molecule has 0 aliphatic rings. The molecule has 0 bridgehead atoms. The van der Waals surface area contributed by atoms with Gasteiger partial charge in [-0.1, -0.05) is 29.7 Å². The van der Waals surface area contributed by atoms with Crippen molar-refractivity contribution in [2.75, 3.05) is 0 Å². The van der Waals surface area contributed by atoms with Crippen LogP contribution < -0.4 is 15.8 Å². The third-order valence-electron chi connectivity index (χ3n) is 2.68. The van der Waals surface area contributed by atoms with E-state index in [1.54, 1.807) is 31.2 Å². The number of halogens is 1. The van der Waals surface area contributed by atoms with E-state index < -0.39 is 12.1 Å². The average molecular weight is 300 g/mol. The maximum atomic E-state index is 12.0. The van der Waals surface area contributed by atoms with E-state index in [2.05, 4.69) is 10.5 Å². The number of nitrogens with one attached hydrogen (secondary N) is 1. The minimum Gasteiger partial charge on any atom is -0.481 e. The van der Waals surface area contributed by atoms with Gasteiger partial charge < -0.3 is 21.0 Å². The molecule has 0 saturated carbocycles. The first-order chi connectivity index (χ1) is 9.47. The van der Waals surface area contributed by atoms with Crippen LogP contribution in [0.1, 0.15) is 20.3 Å². The van der Waals surface area contributed by atoms with Gasteiger partial charge in [0.1, 0.15) is 5.75 Å². The molecule has 0 spiro atoms. The molecule has 2 unspecified atom stereocenters. The molecule has 0 aliphatic carbocycles. The van der Waals surface area contributed by atoms with Crippen molar-refractivity contribution in [2.45, 2.75) is 32.4 Å². The van der Waals surface area contributed by atoms with Gasteiger partial charge in [-0.15, -0.1) is 0 Å². The lowest BCUT2D eigenvalue weighted by Crippen LogP contribution is -2.48. The van der Waals surface area contributed by atoms with Gasteiger partial charge in [-0.3, -0.25) is 4.79 Å². The molecule has 0 heterocycles. The summed E-state index contributed by atoms with van der Waals surface area (Å²) < 4.78 is 5.48. The average Bonchev–Trinajstić information content (AvgIpc) is 2.43. The molecule has 7 heteroatoms. The van der Waals surface area contributed by atoms with E-state index in [1.165, 1.54) is 0 Å². The van der Waals surface area contributed by atoms with Crippen LogP contribution in [-0.4, -0.2) is 29.1 Å². The summed E-state index contributed by atoms with van der Waals surface area (Å²) in [7, 11) is 0. The zero-order valence-electron chi connectivity index (χ0n) is 11.3. The molecule has 1 aromatic carbocycles. The van der Waals surface area contributed by atoms with Gasteiger partial charge >= 0.3 is 0 Å². The van der Waals surface area contributed by atoms with Gasteiger partial charge in [0.05, 0.1) is 6.04 Å². The number of amidine groups is 1. The lowest BCUT2D eigenvalue weighted by atomic mass is 10.2. The lowest BCUT2D eigenvalue weighted by molar-refractivity contribution is -0.127. The Labute approximate surface area is 122 Å². The Kier molecular flexibility index (Phi) is 6.11. The highest BCUT2D eigenvalue weighted by Gasteiger charge is 2.20. The Bertz CT molecular complexity index is 494. The summed E-state index contributed by atoms with van der Waals surface area (Å²) >= 11 is 5.83. The zero-order chi connectivity index (χ0) is 15.1. The smallest absolute Gasteiger partial charge is 0.261 e. The fraction of sp³-hybridized carbons (Fsp3) is 0.385. The van der Waals surface area contributed by atoms with Crippen LogP contribution in [0.3, 0.4) is 0 Å². The molecule has 1 amide bonds. The van der Waals surface area contributed by atoms with Crippen LogP contribution in [0.5, 0.6) is 5.75 Å². The summed E-state index contributed by atoms with van der Waals surface area (Å²) in [5.41, 5.74) is 5.48. The highest BCUT2D eigenvalue weighted by atomic mass is 35.5. The monoisotopic (exact) mass is 299 g/mol. The van der Waals surface area contributed by atoms with Crippen LogP contribution in [-0.2, 0) is 4.79 Å². The quantitative estimate of drug-likeness (QED) is 0.323. The third kappa shape index (κ3) is 4.62. The second-order valence-corrected chi connectivity index (χ2v) is 4.65. The predicted octanol–water partition coefficient (Wildman–Crippen LogP) is 1.75. The van der Waals surface area contributed by atoms with Crippen molar-refractivity contribution in [2.24, 2.45) is 10.9 Å². The Hall–Kier alpha value is -1.95. The Morgan fingerprint density at radius 1 is 1.60 bits per heavy atom. The van der Waals surface area contributed by atoms with Crippen molar-refractivity contribution in [1.82, 2.24) is 5.32 Å². The number of ether oxygens (including phenoxy) is 1. The van der Waals surface area contributed by atoms with E-state index in [-0.39, 0.29) is 11.7 Å². The number of rotatable bonds is 6. The molecule has 1 aromatic rings. The molecule has 2 atom stereocenters. The number of hydrogen-bond acceptors (Lipinski definition) is 4. The van der Waals surface area contributed by atoms with Crippen molar-refractivity contribution < 1.29 is 14.7 Å². The van der Waals surface area contributed by atoms with Gasteiger partial charge in [-0.2, -0.15) is 0 Å². The van der Waals surface area contributed by atoms with Crippen molar-refractivity contribution >= 4 is 23.3 Å². The summed E-state index contributed by atoms with van der Waals surface area (Å²) in [4.78, 5) is 12.0. The van der Waals surface area contributed by atoms with Gasteiger partial charge in [-0.25, -0.2) is 0 Å². The van der Waals surface area contributed by atoms with E-state index in [0.717, 1.165) is 0 Å². The van der Waals surface area contributed by atoms with Crippen LogP contribution in [0.4, 0.5) is 0 Å². The number of nitrogens with zero attached hydrogens (tertiary/aromatic N) is 1. The molecular formula is C13H18ClN3O3. The molecule has 6 nitrogen and oxygen atoms in total. The van der Waals surface area contributed by atoms with Gasteiger partial charge in [-0.05, 0) is 31.5 Å². The maximum absolute atomic E-state index is 12.0. The molecule has 0 radical (unpaired) electrons. The van der Waals surface area contributed by atoms with Crippen LogP contribution in [0.2, 0.25) is 5.02 Å². The number of nitrogens with two attached hydrogens (primary N) is 1. The fourth-order valence-corrected chi connectivity index (χ4v) is 1.72. The molecule has 0 aliphatic heterocycles. The second-order valence-electron chi connectivity index (χ2n) is 4.21. The SMILES string of the molecule is CCC(NC(=O)C(C)Oc1cccc(Cl)c1)C(N)=NO. The first-order valence-corrected chi connectivity index (χ1v) is 6.55. The molecule has 1 rings (SSSR count). The third-order valence-corrected chi connectivity index (χ3v) is 2.91. The van der Waals surface area contributed by atoms with Crippen molar-refractivity contribution in [3.63, 3.8) is 0 Å². The van der Waals surface area contributed by atoms with Gasteiger partial charge in [0, 0.05) is 5.02 Å². The van der Waals surface area contributed by atoms with E-state index in [0.29, 0.717) is 17.2 Å². The molecule has 0 saturated heterocycles. The highest BCUT2D eigenvalue weighted by Crippen LogP contribution is 2.18. The topological polar surface area (TPSA) is 96.9 Å². The van der Waals surface area contributed by atoms with E-state index in [4.69, 9.17) is 27.3 Å². The Balaban J connectivity index is 2.63. The largest absolute Gasteiger partial charge is 0.481 e. The van der Waals surface area contributed by atoms with Crippen molar-refractivity contribution in [1.29, 1.82) is 0 Å². The molecule has 4 N–H and O–H groups in total. The van der Waals surface area contributed by atoms with Crippen LogP contribution in [0.25, 0.3) is 0 Å². The Morgan fingerprint density at radius 2 is 2.30 bits per heavy atom. The summed E-state index contributed by atoms with van der Waals surface area (Å²) in [5, 5.41) is 14.7. The first-order valence-electron chi connectivity index (χ1n) is 6.18. The molecule has 20 heavy (non-hydrogen) atoms. The normalized spacial score (nSPS) is 14.4. The minimum atomic E-state index is -0.728. The van der Waals surface area contributed by atoms with Gasteiger partial charge in [0.2, 0.25) is 0 Å². The van der Waals surface area contributed by atoms with Crippen molar-refractivity contribution in [3.8, 4) is 5.75 Å². The number of benzene rings is 1. The summed E-state index contributed by atoms with van der Waals surface area (Å²) in [6.07, 6.45) is -0.222. The predicted molar refractivity (Wildman–Crippen MR) is 77.2 cm³/mol. The number of hydrogen-bond donors (Lipinski definition) is 3. The van der Waals surface area contributed by atoms with E-state index >= 15 is 0 Å². The fourth-order valence-electron chi connectivity index (χ4n) is 1.54. The highest BCUT2D eigenvalue weighted by molar-refractivity contribution is 6.30. The molecule has 110 valence electrons. The van der Waals surface area contributed by atoms with Crippen LogP contribution in [0.15, 0.2) is 29.4 Å². The first kappa shape index (κ1) is 16.1. The molecular weight excluding hydrogens is 282 g/mol. The summed E-state index contributed by atoms with van der Waals surface area (Å²) in [6.45, 7) is 3.42. The number of carbonyl (C=O) groups is 1. The molecule has 0 aromatic heterocycles. The lowest BCUT2D eigenvalue weighted by Gasteiger charge is -2.19. The van der Waals surface area contributed by atoms with Crippen LogP contribution >= 0.6 is 11.6 Å². The van der Waals surface area contributed by atoms with E-state index in [1.807, 2.05) is 6.92 Å². The number of amides is 1. The number of oxime groups is 1. The van der Waals surface area contributed by atoms with Gasteiger partial charge in [0.25, 0.3) is 5.91 Å². The molecule has 0 fully saturated rings. The zero-order valence-corrected chi connectivity index (χ0v) is 12.1. The summed E-state index contributed by atoms with van der Waals surface area (Å²) in [5.74, 6) is 0.0937.